The van der Waals surface area contributed by atoms with Gasteiger partial charge in [-0.05, 0) is 58.4 Å². The van der Waals surface area contributed by atoms with Crippen molar-refractivity contribution in [2.24, 2.45) is 0 Å². The summed E-state index contributed by atoms with van der Waals surface area (Å²) >= 11 is 0. The lowest BCUT2D eigenvalue weighted by molar-refractivity contribution is -0.116. The molecular formula is C18H27NO4S. The van der Waals surface area contributed by atoms with E-state index in [-0.39, 0.29) is 24.3 Å². The summed E-state index contributed by atoms with van der Waals surface area (Å²) in [5.74, 6) is 0.339. The predicted octanol–water partition coefficient (Wildman–Crippen LogP) is 2.82. The molecule has 1 N–H and O–H groups in total. The summed E-state index contributed by atoms with van der Waals surface area (Å²) in [6.45, 7) is 8.94. The van der Waals surface area contributed by atoms with Crippen LogP contribution in [0.2, 0.25) is 0 Å². The van der Waals surface area contributed by atoms with Crippen LogP contribution in [0.25, 0.3) is 6.08 Å². The molecule has 134 valence electrons. The van der Waals surface area contributed by atoms with E-state index in [4.69, 9.17) is 4.74 Å². The van der Waals surface area contributed by atoms with Gasteiger partial charge in [-0.3, -0.25) is 4.79 Å². The summed E-state index contributed by atoms with van der Waals surface area (Å²) in [6, 6.07) is 7.41. The summed E-state index contributed by atoms with van der Waals surface area (Å²) in [7, 11) is -3.23. The Morgan fingerprint density at radius 2 is 1.96 bits per heavy atom. The number of hydrogen-bond donors (Lipinski definition) is 1. The third-order valence-corrected chi connectivity index (χ3v) is 5.87. The van der Waals surface area contributed by atoms with Crippen LogP contribution in [-0.2, 0) is 14.6 Å². The molecule has 0 unspecified atom stereocenters. The van der Waals surface area contributed by atoms with Crippen molar-refractivity contribution in [3.05, 3.63) is 35.9 Å². The third kappa shape index (κ3) is 6.74. The van der Waals surface area contributed by atoms with Gasteiger partial charge in [0.05, 0.1) is 16.6 Å². The van der Waals surface area contributed by atoms with E-state index in [1.165, 1.54) is 6.08 Å². The minimum atomic E-state index is -3.23. The van der Waals surface area contributed by atoms with Crippen molar-refractivity contribution in [2.45, 2.75) is 45.5 Å². The van der Waals surface area contributed by atoms with Gasteiger partial charge in [0, 0.05) is 12.6 Å². The summed E-state index contributed by atoms with van der Waals surface area (Å²) < 4.78 is 28.7. The molecule has 0 saturated heterocycles. The van der Waals surface area contributed by atoms with Crippen molar-refractivity contribution in [2.75, 3.05) is 12.3 Å². The third-order valence-electron chi connectivity index (χ3n) is 3.26. The van der Waals surface area contributed by atoms with E-state index in [0.717, 1.165) is 11.3 Å². The smallest absolute Gasteiger partial charge is 0.244 e. The summed E-state index contributed by atoms with van der Waals surface area (Å²) in [5.41, 5.74) is 0.839. The Morgan fingerprint density at radius 1 is 1.29 bits per heavy atom. The first-order valence-electron chi connectivity index (χ1n) is 7.96. The number of carbonyl (C=O) groups excluding carboxylic acids is 1. The van der Waals surface area contributed by atoms with Gasteiger partial charge in [-0.15, -0.1) is 0 Å². The molecule has 24 heavy (non-hydrogen) atoms. The Balaban J connectivity index is 2.55. The van der Waals surface area contributed by atoms with E-state index in [9.17, 15) is 13.2 Å². The molecule has 1 aromatic carbocycles. The van der Waals surface area contributed by atoms with Gasteiger partial charge in [-0.25, -0.2) is 8.42 Å². The van der Waals surface area contributed by atoms with Crippen LogP contribution in [0.5, 0.6) is 5.75 Å². The SMILES string of the molecule is CC(C)Oc1cccc(C=CC(=O)NCCS(=O)(=O)C(C)(C)C)c1. The van der Waals surface area contributed by atoms with Crippen molar-refractivity contribution < 1.29 is 17.9 Å². The molecule has 0 aliphatic heterocycles. The molecule has 0 aliphatic rings. The fourth-order valence-electron chi connectivity index (χ4n) is 1.81. The van der Waals surface area contributed by atoms with Crippen molar-refractivity contribution in [3.63, 3.8) is 0 Å². The van der Waals surface area contributed by atoms with Crippen LogP contribution >= 0.6 is 0 Å². The van der Waals surface area contributed by atoms with Crippen molar-refractivity contribution >= 4 is 21.8 Å². The number of rotatable bonds is 7. The number of benzene rings is 1. The second-order valence-electron chi connectivity index (χ2n) is 6.79. The predicted molar refractivity (Wildman–Crippen MR) is 97.8 cm³/mol. The zero-order valence-electron chi connectivity index (χ0n) is 15.0. The van der Waals surface area contributed by atoms with Gasteiger partial charge < -0.3 is 10.1 Å². The van der Waals surface area contributed by atoms with E-state index in [2.05, 4.69) is 5.32 Å². The van der Waals surface area contributed by atoms with Gasteiger partial charge in [0.15, 0.2) is 9.84 Å². The summed E-state index contributed by atoms with van der Waals surface area (Å²) in [5, 5.41) is 2.59. The minimum absolute atomic E-state index is 0.0756. The van der Waals surface area contributed by atoms with Crippen LogP contribution in [0.4, 0.5) is 0 Å². The van der Waals surface area contributed by atoms with Crippen LogP contribution < -0.4 is 10.1 Å². The topological polar surface area (TPSA) is 72.5 Å². The van der Waals surface area contributed by atoms with Crippen LogP contribution in [-0.4, -0.2) is 37.5 Å². The maximum Gasteiger partial charge on any atom is 0.244 e. The Bertz CT molecular complexity index is 685. The number of amides is 1. The zero-order valence-corrected chi connectivity index (χ0v) is 15.8. The second kappa shape index (κ2) is 8.33. The van der Waals surface area contributed by atoms with Gasteiger partial charge in [0.2, 0.25) is 5.91 Å². The van der Waals surface area contributed by atoms with Crippen LogP contribution in [0.1, 0.15) is 40.2 Å². The highest BCUT2D eigenvalue weighted by molar-refractivity contribution is 7.92. The number of nitrogens with one attached hydrogen (secondary N) is 1. The molecular weight excluding hydrogens is 326 g/mol. The summed E-state index contributed by atoms with van der Waals surface area (Å²) in [4.78, 5) is 11.8. The largest absolute Gasteiger partial charge is 0.491 e. The van der Waals surface area contributed by atoms with E-state index < -0.39 is 14.6 Å². The molecule has 0 saturated carbocycles. The van der Waals surface area contributed by atoms with E-state index in [0.29, 0.717) is 0 Å². The van der Waals surface area contributed by atoms with Gasteiger partial charge in [-0.1, -0.05) is 12.1 Å². The maximum atomic E-state index is 12.0. The van der Waals surface area contributed by atoms with E-state index in [1.54, 1.807) is 26.8 Å². The average molecular weight is 353 g/mol. The molecule has 6 heteroatoms. The van der Waals surface area contributed by atoms with Gasteiger partial charge in [0.25, 0.3) is 0 Å². The van der Waals surface area contributed by atoms with Crippen LogP contribution in [0.3, 0.4) is 0 Å². The molecule has 0 aliphatic carbocycles. The first-order valence-corrected chi connectivity index (χ1v) is 9.61. The number of carbonyl (C=O) groups is 1. The van der Waals surface area contributed by atoms with Crippen molar-refractivity contribution in [3.8, 4) is 5.75 Å². The molecule has 0 bridgehead atoms. The van der Waals surface area contributed by atoms with Crippen LogP contribution in [0.15, 0.2) is 30.3 Å². The van der Waals surface area contributed by atoms with Gasteiger partial charge in [-0.2, -0.15) is 0 Å². The quantitative estimate of drug-likeness (QED) is 0.765. The standard InChI is InChI=1S/C18H27NO4S/c1-14(2)23-16-8-6-7-15(13-16)9-10-17(20)19-11-12-24(21,22)18(3,4)5/h6-10,13-14H,11-12H2,1-5H3,(H,19,20). The lowest BCUT2D eigenvalue weighted by Crippen LogP contribution is -2.36. The van der Waals surface area contributed by atoms with Gasteiger partial charge in [0.1, 0.15) is 5.75 Å². The zero-order chi connectivity index (χ0) is 18.4. The average Bonchev–Trinajstić information content (AvgIpc) is 2.43. The first-order chi connectivity index (χ1) is 11.0. The highest BCUT2D eigenvalue weighted by atomic mass is 32.2. The Hall–Kier alpha value is -1.82. The second-order valence-corrected chi connectivity index (χ2v) is 9.66. The Kier molecular flexibility index (Phi) is 7.02. The molecule has 1 amide bonds. The molecule has 1 rings (SSSR count). The lowest BCUT2D eigenvalue weighted by Gasteiger charge is -2.18. The highest BCUT2D eigenvalue weighted by Gasteiger charge is 2.28. The number of sulfone groups is 1. The minimum Gasteiger partial charge on any atom is -0.491 e. The molecule has 0 spiro atoms. The maximum absolute atomic E-state index is 12.0. The van der Waals surface area contributed by atoms with Crippen molar-refractivity contribution in [1.82, 2.24) is 5.32 Å². The number of hydrogen-bond acceptors (Lipinski definition) is 4. The number of ether oxygens (including phenoxy) is 1. The molecule has 5 nitrogen and oxygen atoms in total. The first kappa shape index (κ1) is 20.2. The summed E-state index contributed by atoms with van der Waals surface area (Å²) in [6.07, 6.45) is 3.14. The Morgan fingerprint density at radius 3 is 2.54 bits per heavy atom. The van der Waals surface area contributed by atoms with E-state index in [1.807, 2.05) is 38.1 Å². The molecule has 0 fully saturated rings. The molecule has 1 aromatic rings. The fraction of sp³-hybridized carbons (Fsp3) is 0.500. The van der Waals surface area contributed by atoms with E-state index >= 15 is 0 Å². The monoisotopic (exact) mass is 353 g/mol. The normalized spacial score (nSPS) is 12.6. The van der Waals surface area contributed by atoms with Crippen molar-refractivity contribution in [1.29, 1.82) is 0 Å². The van der Waals surface area contributed by atoms with Gasteiger partial charge >= 0.3 is 0 Å². The molecule has 0 radical (unpaired) electrons. The highest BCUT2D eigenvalue weighted by Crippen LogP contribution is 2.16. The molecule has 0 atom stereocenters. The molecule has 0 aromatic heterocycles. The lowest BCUT2D eigenvalue weighted by atomic mass is 10.2. The Labute approximate surface area is 145 Å². The fourth-order valence-corrected chi connectivity index (χ4v) is 2.79. The molecule has 0 heterocycles. The van der Waals surface area contributed by atoms with Crippen LogP contribution in [0, 0.1) is 0 Å².